The lowest BCUT2D eigenvalue weighted by atomic mass is 10.2. The van der Waals surface area contributed by atoms with Gasteiger partial charge in [-0.2, -0.15) is 0 Å². The minimum absolute atomic E-state index is 0.194. The molecule has 17 heavy (non-hydrogen) atoms. The molecule has 0 spiro atoms. The van der Waals surface area contributed by atoms with Crippen molar-refractivity contribution in [3.63, 3.8) is 0 Å². The van der Waals surface area contributed by atoms with Gasteiger partial charge >= 0.3 is 0 Å². The van der Waals surface area contributed by atoms with Crippen molar-refractivity contribution in [3.8, 4) is 0 Å². The molecular weight excluding hydrogens is 232 g/mol. The van der Waals surface area contributed by atoms with Crippen molar-refractivity contribution in [1.29, 1.82) is 0 Å². The van der Waals surface area contributed by atoms with E-state index in [1.807, 2.05) is 23.0 Å². The molecule has 0 radical (unpaired) electrons. The van der Waals surface area contributed by atoms with Crippen molar-refractivity contribution in [2.45, 2.75) is 32.9 Å². The van der Waals surface area contributed by atoms with Crippen LogP contribution in [0.15, 0.2) is 18.5 Å². The van der Waals surface area contributed by atoms with Crippen molar-refractivity contribution in [3.05, 3.63) is 34.0 Å². The quantitative estimate of drug-likeness (QED) is 0.907. The maximum Gasteiger partial charge on any atom is 0.149 e. The molecule has 0 fully saturated rings. The Balaban J connectivity index is 2.04. The van der Waals surface area contributed by atoms with Crippen LogP contribution in [0.25, 0.3) is 0 Å². The molecule has 2 atom stereocenters. The van der Waals surface area contributed by atoms with Gasteiger partial charge in [0.15, 0.2) is 0 Å². The maximum atomic E-state index is 4.12. The topological polar surface area (TPSA) is 42.7 Å². The number of hydrogen-bond donors (Lipinski definition) is 1. The van der Waals surface area contributed by atoms with Crippen molar-refractivity contribution in [2.75, 3.05) is 0 Å². The van der Waals surface area contributed by atoms with Gasteiger partial charge in [-0.05, 0) is 32.9 Å². The van der Waals surface area contributed by atoms with E-state index in [9.17, 15) is 0 Å². The first-order valence-electron chi connectivity index (χ1n) is 5.74. The molecule has 0 bridgehead atoms. The molecule has 92 valence electrons. The van der Waals surface area contributed by atoms with Gasteiger partial charge in [-0.3, -0.25) is 0 Å². The van der Waals surface area contributed by atoms with Crippen molar-refractivity contribution in [2.24, 2.45) is 7.05 Å². The summed E-state index contributed by atoms with van der Waals surface area (Å²) in [6.45, 7) is 6.42. The van der Waals surface area contributed by atoms with Crippen LogP contribution in [0.1, 0.15) is 41.5 Å². The molecule has 2 aromatic heterocycles. The largest absolute Gasteiger partial charge is 0.319 e. The number of rotatable bonds is 4. The predicted molar refractivity (Wildman–Crippen MR) is 70.0 cm³/mol. The number of hydrogen-bond acceptors (Lipinski definition) is 4. The van der Waals surface area contributed by atoms with E-state index in [1.54, 1.807) is 6.33 Å². The Morgan fingerprint density at radius 3 is 2.59 bits per heavy atom. The zero-order chi connectivity index (χ0) is 12.4. The van der Waals surface area contributed by atoms with E-state index in [2.05, 4.69) is 48.4 Å². The molecule has 5 heteroatoms. The third-order valence-electron chi connectivity index (χ3n) is 2.82. The van der Waals surface area contributed by atoms with Gasteiger partial charge in [-0.1, -0.05) is 0 Å². The molecule has 0 saturated heterocycles. The molecule has 2 heterocycles. The Kier molecular flexibility index (Phi) is 3.59. The Bertz CT molecular complexity index is 488. The van der Waals surface area contributed by atoms with E-state index >= 15 is 0 Å². The number of nitrogens with zero attached hydrogens (tertiary/aromatic N) is 3. The van der Waals surface area contributed by atoms with E-state index in [0.29, 0.717) is 6.04 Å². The molecule has 0 saturated carbocycles. The summed E-state index contributed by atoms with van der Waals surface area (Å²) in [5, 5.41) is 11.6. The molecule has 0 amide bonds. The highest BCUT2D eigenvalue weighted by atomic mass is 32.1. The average Bonchev–Trinajstić information content (AvgIpc) is 2.86. The van der Waals surface area contributed by atoms with Gasteiger partial charge < -0.3 is 9.88 Å². The SMILES string of the molecule is Cc1ccc(C(C)NC(C)c2nncn2C)s1. The summed E-state index contributed by atoms with van der Waals surface area (Å²) in [5.74, 6) is 0.963. The molecule has 0 aliphatic carbocycles. The highest BCUT2D eigenvalue weighted by Crippen LogP contribution is 2.24. The Morgan fingerprint density at radius 1 is 1.29 bits per heavy atom. The van der Waals surface area contributed by atoms with E-state index in [4.69, 9.17) is 0 Å². The van der Waals surface area contributed by atoms with Gasteiger partial charge in [-0.15, -0.1) is 21.5 Å². The third kappa shape index (κ3) is 2.73. The highest BCUT2D eigenvalue weighted by molar-refractivity contribution is 7.12. The number of nitrogens with one attached hydrogen (secondary N) is 1. The minimum Gasteiger partial charge on any atom is -0.319 e. The average molecular weight is 250 g/mol. The fourth-order valence-electron chi connectivity index (χ4n) is 1.90. The van der Waals surface area contributed by atoms with Crippen LogP contribution in [-0.4, -0.2) is 14.8 Å². The summed E-state index contributed by atoms with van der Waals surface area (Å²) >= 11 is 1.83. The van der Waals surface area contributed by atoms with Crippen LogP contribution in [0.5, 0.6) is 0 Å². The normalized spacial score (nSPS) is 14.8. The first kappa shape index (κ1) is 12.3. The predicted octanol–water partition coefficient (Wildman–Crippen LogP) is 2.60. The van der Waals surface area contributed by atoms with E-state index < -0.39 is 0 Å². The lowest BCUT2D eigenvalue weighted by Crippen LogP contribution is -2.24. The van der Waals surface area contributed by atoms with Gasteiger partial charge in [0.05, 0.1) is 6.04 Å². The standard InChI is InChI=1S/C12H18N4S/c1-8-5-6-11(17-8)9(2)14-10(3)12-15-13-7-16(12)4/h5-7,9-10,14H,1-4H3. The van der Waals surface area contributed by atoms with Crippen LogP contribution in [0.4, 0.5) is 0 Å². The molecule has 2 rings (SSSR count). The third-order valence-corrected chi connectivity index (χ3v) is 4.01. The first-order valence-corrected chi connectivity index (χ1v) is 6.56. The summed E-state index contributed by atoms with van der Waals surface area (Å²) in [5.41, 5.74) is 0. The minimum atomic E-state index is 0.194. The van der Waals surface area contributed by atoms with Gasteiger partial charge in [0.2, 0.25) is 0 Å². The van der Waals surface area contributed by atoms with Crippen molar-refractivity contribution in [1.82, 2.24) is 20.1 Å². The molecule has 0 aliphatic heterocycles. The maximum absolute atomic E-state index is 4.12. The monoisotopic (exact) mass is 250 g/mol. The summed E-state index contributed by atoms with van der Waals surface area (Å²) in [7, 11) is 1.97. The van der Waals surface area contributed by atoms with Crippen LogP contribution >= 0.6 is 11.3 Å². The van der Waals surface area contributed by atoms with E-state index in [1.165, 1.54) is 9.75 Å². The van der Waals surface area contributed by atoms with Crippen LogP contribution in [-0.2, 0) is 7.05 Å². The lowest BCUT2D eigenvalue weighted by molar-refractivity contribution is 0.470. The molecule has 2 aromatic rings. The zero-order valence-electron chi connectivity index (χ0n) is 10.6. The summed E-state index contributed by atoms with van der Waals surface area (Å²) in [6.07, 6.45) is 1.73. The van der Waals surface area contributed by atoms with Crippen LogP contribution in [0.3, 0.4) is 0 Å². The van der Waals surface area contributed by atoms with E-state index in [-0.39, 0.29) is 6.04 Å². The van der Waals surface area contributed by atoms with Gasteiger partial charge in [0, 0.05) is 22.8 Å². The number of aromatic nitrogens is 3. The Labute approximate surface area is 106 Å². The molecule has 0 aliphatic rings. The number of thiophene rings is 1. The number of aryl methyl sites for hydroxylation is 2. The fraction of sp³-hybridized carbons (Fsp3) is 0.500. The highest BCUT2D eigenvalue weighted by Gasteiger charge is 2.15. The Hall–Kier alpha value is -1.20. The van der Waals surface area contributed by atoms with Crippen LogP contribution in [0, 0.1) is 6.92 Å². The second-order valence-electron chi connectivity index (χ2n) is 4.36. The Morgan fingerprint density at radius 2 is 2.06 bits per heavy atom. The zero-order valence-corrected chi connectivity index (χ0v) is 11.5. The van der Waals surface area contributed by atoms with Gasteiger partial charge in [0.25, 0.3) is 0 Å². The molecule has 0 aromatic carbocycles. The summed E-state index contributed by atoms with van der Waals surface area (Å²) < 4.78 is 1.95. The van der Waals surface area contributed by atoms with Crippen molar-refractivity contribution < 1.29 is 0 Å². The van der Waals surface area contributed by atoms with Gasteiger partial charge in [-0.25, -0.2) is 0 Å². The molecule has 4 nitrogen and oxygen atoms in total. The van der Waals surface area contributed by atoms with Crippen LogP contribution in [0.2, 0.25) is 0 Å². The summed E-state index contributed by atoms with van der Waals surface area (Å²) in [6, 6.07) is 4.87. The van der Waals surface area contributed by atoms with E-state index in [0.717, 1.165) is 5.82 Å². The van der Waals surface area contributed by atoms with Gasteiger partial charge in [0.1, 0.15) is 12.2 Å². The lowest BCUT2D eigenvalue weighted by Gasteiger charge is -2.18. The second kappa shape index (κ2) is 4.98. The second-order valence-corrected chi connectivity index (χ2v) is 5.68. The molecule has 2 unspecified atom stereocenters. The smallest absolute Gasteiger partial charge is 0.149 e. The van der Waals surface area contributed by atoms with Crippen LogP contribution < -0.4 is 5.32 Å². The first-order chi connectivity index (χ1) is 8.08. The molecular formula is C12H18N4S. The fourth-order valence-corrected chi connectivity index (χ4v) is 2.79. The summed E-state index contributed by atoms with van der Waals surface area (Å²) in [4.78, 5) is 2.71. The molecule has 1 N–H and O–H groups in total. The van der Waals surface area contributed by atoms with Crippen molar-refractivity contribution >= 4 is 11.3 Å².